The molecule has 2 atom stereocenters. The lowest BCUT2D eigenvalue weighted by Gasteiger charge is -2.32. The predicted octanol–water partition coefficient (Wildman–Crippen LogP) is 12.4. The molecule has 0 saturated carbocycles. The summed E-state index contributed by atoms with van der Waals surface area (Å²) in [6, 6.07) is 61.4. The van der Waals surface area contributed by atoms with Crippen LogP contribution in [0, 0.1) is 0 Å². The van der Waals surface area contributed by atoms with Crippen LogP contribution in [0.4, 0.5) is 5.69 Å². The maximum atomic E-state index is 5.41. The predicted molar refractivity (Wildman–Crippen MR) is 258 cm³/mol. The molecule has 0 spiro atoms. The molecule has 12 rings (SSSR count). The molecule has 296 valence electrons. The molecule has 0 saturated heterocycles. The van der Waals surface area contributed by atoms with Crippen molar-refractivity contribution >= 4 is 56.0 Å². The molecule has 0 radical (unpaired) electrons. The number of pyridine rings is 1. The zero-order valence-electron chi connectivity index (χ0n) is 33.9. The van der Waals surface area contributed by atoms with Gasteiger partial charge in [0.05, 0.1) is 17.1 Å². The number of rotatable bonds is 6. The highest BCUT2D eigenvalue weighted by Crippen LogP contribution is 2.42. The van der Waals surface area contributed by atoms with E-state index in [1.807, 2.05) is 6.20 Å². The third-order valence-electron chi connectivity index (χ3n) is 12.6. The van der Waals surface area contributed by atoms with Crippen molar-refractivity contribution in [3.8, 4) is 33.5 Å². The van der Waals surface area contributed by atoms with Crippen molar-refractivity contribution in [2.75, 3.05) is 11.9 Å². The van der Waals surface area contributed by atoms with Gasteiger partial charge in [-0.1, -0.05) is 158 Å². The van der Waals surface area contributed by atoms with Crippen molar-refractivity contribution in [2.24, 2.45) is 4.99 Å². The van der Waals surface area contributed by atoms with Crippen LogP contribution in [-0.2, 0) is 6.54 Å². The average molecular weight is 799 g/mol. The number of benzene rings is 8. The topological polar surface area (TPSA) is 73.4 Å². The standard InChI is InChI=1S/C56H42N6/c1-3-13-37(14-4-1)54-60-55(38-15-5-2-6-16-38)62-56(61-54)41-32-39(35-24-26-36(27-25-35)52-48-28-30-57-34-49(48)53-50(59-52)23-12-29-58-53)31-40(33-41)42-21-11-22-47-45-18-8-7-17-43(45)44-19-9-10-20-46(44)51(42)47/h1-28,30-33,54-55,57-58,60H,29,34H2,(H,61,62). The molecule has 1 aromatic heterocycles. The fourth-order valence-corrected chi connectivity index (χ4v) is 9.64. The Hall–Kier alpha value is -7.80. The molecule has 4 heterocycles. The summed E-state index contributed by atoms with van der Waals surface area (Å²) in [4.78, 5) is 10.6. The van der Waals surface area contributed by atoms with E-state index in [0.717, 1.165) is 80.5 Å². The van der Waals surface area contributed by atoms with Crippen molar-refractivity contribution in [1.82, 2.24) is 20.9 Å². The first-order valence-corrected chi connectivity index (χ1v) is 21.4. The van der Waals surface area contributed by atoms with Crippen LogP contribution >= 0.6 is 0 Å². The van der Waals surface area contributed by atoms with Crippen LogP contribution in [0.2, 0.25) is 0 Å². The lowest BCUT2D eigenvalue weighted by molar-refractivity contribution is 0.409. The number of fused-ring (bicyclic) bond motifs is 9. The second-order valence-corrected chi connectivity index (χ2v) is 16.3. The number of hydrogen-bond donors (Lipinski definition) is 4. The molecule has 0 amide bonds. The lowest BCUT2D eigenvalue weighted by atomic mass is 9.88. The third-order valence-corrected chi connectivity index (χ3v) is 12.6. The smallest absolute Gasteiger partial charge is 0.131 e. The van der Waals surface area contributed by atoms with Crippen LogP contribution in [0.15, 0.2) is 187 Å². The van der Waals surface area contributed by atoms with Gasteiger partial charge in [0.2, 0.25) is 0 Å². The van der Waals surface area contributed by atoms with E-state index in [-0.39, 0.29) is 12.3 Å². The van der Waals surface area contributed by atoms with E-state index < -0.39 is 0 Å². The zero-order valence-corrected chi connectivity index (χ0v) is 33.9. The maximum Gasteiger partial charge on any atom is 0.131 e. The summed E-state index contributed by atoms with van der Waals surface area (Å²) >= 11 is 0. The van der Waals surface area contributed by atoms with Crippen LogP contribution in [0.5, 0.6) is 0 Å². The molecule has 0 aliphatic carbocycles. The summed E-state index contributed by atoms with van der Waals surface area (Å²) in [6.07, 6.45) is 8.05. The first-order chi connectivity index (χ1) is 30.7. The number of nitrogens with zero attached hydrogens (tertiary/aromatic N) is 2. The SMILES string of the molecule is C1=Cc2nc(-c3ccc(-c4cc(C5=NC(c6ccccc6)NC(c6ccccc6)N5)cc(-c5cccc6c7ccccc7c7ccccc7c56)c4)cc3)c3c(c2NC1)CNC=C3. The highest BCUT2D eigenvalue weighted by molar-refractivity contribution is 6.28. The molecule has 6 nitrogen and oxygen atoms in total. The van der Waals surface area contributed by atoms with E-state index in [1.165, 1.54) is 43.4 Å². The average Bonchev–Trinajstić information content (AvgIpc) is 3.36. The highest BCUT2D eigenvalue weighted by Gasteiger charge is 2.27. The quantitative estimate of drug-likeness (QED) is 0.126. The molecule has 4 N–H and O–H groups in total. The number of aromatic nitrogens is 1. The second kappa shape index (κ2) is 15.0. The molecule has 3 aliphatic heterocycles. The van der Waals surface area contributed by atoms with Gasteiger partial charge in [0, 0.05) is 35.3 Å². The van der Waals surface area contributed by atoms with Crippen molar-refractivity contribution in [3.05, 3.63) is 216 Å². The minimum Gasteiger partial charge on any atom is -0.387 e. The minimum atomic E-state index is -0.249. The van der Waals surface area contributed by atoms with Crippen molar-refractivity contribution in [2.45, 2.75) is 18.9 Å². The summed E-state index contributed by atoms with van der Waals surface area (Å²) in [5.74, 6) is 0.841. The largest absolute Gasteiger partial charge is 0.387 e. The van der Waals surface area contributed by atoms with E-state index >= 15 is 0 Å². The molecular formula is C56H42N6. The summed E-state index contributed by atoms with van der Waals surface area (Å²) in [6.45, 7) is 1.57. The summed E-state index contributed by atoms with van der Waals surface area (Å²) in [5.41, 5.74) is 14.4. The van der Waals surface area contributed by atoms with Crippen LogP contribution in [0.25, 0.3) is 78.0 Å². The Morgan fingerprint density at radius 1 is 0.532 bits per heavy atom. The second-order valence-electron chi connectivity index (χ2n) is 16.3. The van der Waals surface area contributed by atoms with Crippen LogP contribution in [-0.4, -0.2) is 17.4 Å². The lowest BCUT2D eigenvalue weighted by Crippen LogP contribution is -2.44. The van der Waals surface area contributed by atoms with Crippen molar-refractivity contribution in [1.29, 1.82) is 0 Å². The van der Waals surface area contributed by atoms with E-state index in [0.29, 0.717) is 0 Å². The first-order valence-electron chi connectivity index (χ1n) is 21.4. The Kier molecular flexibility index (Phi) is 8.75. The fourth-order valence-electron chi connectivity index (χ4n) is 9.64. The zero-order chi connectivity index (χ0) is 41.0. The van der Waals surface area contributed by atoms with Crippen LogP contribution in [0.3, 0.4) is 0 Å². The summed E-state index contributed by atoms with van der Waals surface area (Å²) < 4.78 is 0. The Bertz CT molecular complexity index is 3250. The molecule has 62 heavy (non-hydrogen) atoms. The van der Waals surface area contributed by atoms with Gasteiger partial charge in [-0.3, -0.25) is 5.32 Å². The maximum absolute atomic E-state index is 5.41. The van der Waals surface area contributed by atoms with Gasteiger partial charge >= 0.3 is 0 Å². The fraction of sp³-hybridized carbons (Fsp3) is 0.0714. The van der Waals surface area contributed by atoms with Gasteiger partial charge in [-0.05, 0) is 102 Å². The van der Waals surface area contributed by atoms with E-state index in [2.05, 4.69) is 209 Å². The Labute approximate surface area is 360 Å². The molecule has 8 aromatic carbocycles. The van der Waals surface area contributed by atoms with Gasteiger partial charge in [0.15, 0.2) is 0 Å². The van der Waals surface area contributed by atoms with E-state index in [1.54, 1.807) is 0 Å². The van der Waals surface area contributed by atoms with Gasteiger partial charge in [0.1, 0.15) is 18.2 Å². The Balaban J connectivity index is 1.05. The van der Waals surface area contributed by atoms with Crippen molar-refractivity contribution < 1.29 is 0 Å². The van der Waals surface area contributed by atoms with E-state index in [4.69, 9.17) is 9.98 Å². The van der Waals surface area contributed by atoms with Gasteiger partial charge in [-0.2, -0.15) is 0 Å². The Morgan fingerprint density at radius 3 is 1.92 bits per heavy atom. The van der Waals surface area contributed by atoms with Gasteiger partial charge in [0.25, 0.3) is 0 Å². The molecule has 3 aliphatic rings. The highest BCUT2D eigenvalue weighted by atomic mass is 15.3. The number of aliphatic imine (C=N–C) groups is 1. The number of anilines is 1. The minimum absolute atomic E-state index is 0.155. The summed E-state index contributed by atoms with van der Waals surface area (Å²) in [5, 5.41) is 22.1. The van der Waals surface area contributed by atoms with E-state index in [9.17, 15) is 0 Å². The van der Waals surface area contributed by atoms with Gasteiger partial charge in [-0.25, -0.2) is 9.98 Å². The van der Waals surface area contributed by atoms with Crippen LogP contribution < -0.4 is 21.3 Å². The number of hydrogen-bond acceptors (Lipinski definition) is 6. The van der Waals surface area contributed by atoms with Gasteiger partial charge in [-0.15, -0.1) is 0 Å². The third kappa shape index (κ3) is 6.23. The van der Waals surface area contributed by atoms with Gasteiger partial charge < -0.3 is 16.0 Å². The molecule has 0 bridgehead atoms. The monoisotopic (exact) mass is 798 g/mol. The number of amidine groups is 1. The number of nitrogens with one attached hydrogen (secondary N) is 4. The molecule has 6 heteroatoms. The normalized spacial score (nSPS) is 16.5. The van der Waals surface area contributed by atoms with Crippen LogP contribution in [0.1, 0.15) is 45.8 Å². The van der Waals surface area contributed by atoms with Crippen molar-refractivity contribution in [3.63, 3.8) is 0 Å². The first kappa shape index (κ1) is 36.1. The Morgan fingerprint density at radius 2 is 1.16 bits per heavy atom. The molecule has 2 unspecified atom stereocenters. The molecule has 0 fully saturated rings. The molecule has 9 aromatic rings. The molecular weight excluding hydrogens is 757 g/mol. The summed E-state index contributed by atoms with van der Waals surface area (Å²) in [7, 11) is 0.